The molecule has 154 valence electrons. The van der Waals surface area contributed by atoms with Crippen LogP contribution >= 0.6 is 0 Å². The van der Waals surface area contributed by atoms with Gasteiger partial charge in [0.15, 0.2) is 0 Å². The number of rotatable bonds is 6. The predicted molar refractivity (Wildman–Crippen MR) is 113 cm³/mol. The van der Waals surface area contributed by atoms with Crippen molar-refractivity contribution < 1.29 is 14.3 Å². The number of carbonyl (C=O) groups is 1. The predicted octanol–water partition coefficient (Wildman–Crippen LogP) is 5.09. The van der Waals surface area contributed by atoms with Crippen molar-refractivity contribution in [1.29, 1.82) is 0 Å². The molecule has 2 fully saturated rings. The van der Waals surface area contributed by atoms with Crippen LogP contribution in [0.1, 0.15) is 55.3 Å². The molecule has 1 heterocycles. The highest BCUT2D eigenvalue weighted by atomic mass is 16.5. The number of ether oxygens (including phenoxy) is 2. The molecule has 2 unspecified atom stereocenters. The summed E-state index contributed by atoms with van der Waals surface area (Å²) in [6.45, 7) is 0.762. The van der Waals surface area contributed by atoms with Crippen molar-refractivity contribution in [3.63, 3.8) is 0 Å². The van der Waals surface area contributed by atoms with Gasteiger partial charge < -0.3 is 19.7 Å². The maximum atomic E-state index is 13.3. The summed E-state index contributed by atoms with van der Waals surface area (Å²) >= 11 is 0. The summed E-state index contributed by atoms with van der Waals surface area (Å²) in [5.74, 6) is 2.05. The molecule has 1 saturated heterocycles. The summed E-state index contributed by atoms with van der Waals surface area (Å²) in [6.07, 6.45) is 5.53. The molecule has 5 nitrogen and oxygen atoms in total. The number of urea groups is 1. The van der Waals surface area contributed by atoms with E-state index in [9.17, 15) is 4.79 Å². The van der Waals surface area contributed by atoms with Crippen molar-refractivity contribution in [3.05, 3.63) is 59.7 Å². The molecule has 29 heavy (non-hydrogen) atoms. The van der Waals surface area contributed by atoms with Crippen molar-refractivity contribution in [2.45, 2.75) is 44.2 Å². The van der Waals surface area contributed by atoms with Gasteiger partial charge in [0.25, 0.3) is 0 Å². The van der Waals surface area contributed by atoms with E-state index in [-0.39, 0.29) is 18.1 Å². The average molecular weight is 395 g/mol. The van der Waals surface area contributed by atoms with Crippen LogP contribution in [-0.4, -0.2) is 31.7 Å². The number of methoxy groups -OCH3 is 2. The van der Waals surface area contributed by atoms with E-state index in [2.05, 4.69) is 17.4 Å². The summed E-state index contributed by atoms with van der Waals surface area (Å²) in [5, 5.41) is 3.36. The van der Waals surface area contributed by atoms with Gasteiger partial charge in [-0.15, -0.1) is 0 Å². The van der Waals surface area contributed by atoms with Gasteiger partial charge in [-0.3, -0.25) is 0 Å². The van der Waals surface area contributed by atoms with Crippen LogP contribution in [0.2, 0.25) is 0 Å². The van der Waals surface area contributed by atoms with Crippen LogP contribution < -0.4 is 14.8 Å². The maximum absolute atomic E-state index is 13.3. The molecule has 0 spiro atoms. The molecular formula is C24H30N2O3. The van der Waals surface area contributed by atoms with Gasteiger partial charge in [0.05, 0.1) is 26.3 Å². The Balaban J connectivity index is 1.54. The van der Waals surface area contributed by atoms with Crippen LogP contribution in [0.25, 0.3) is 0 Å². The first-order valence-corrected chi connectivity index (χ1v) is 10.5. The van der Waals surface area contributed by atoms with Crippen LogP contribution in [0.3, 0.4) is 0 Å². The first-order chi connectivity index (χ1) is 14.2. The Morgan fingerprint density at radius 3 is 2.48 bits per heavy atom. The number of amides is 2. The minimum Gasteiger partial charge on any atom is -0.497 e. The number of hydrogen-bond acceptors (Lipinski definition) is 3. The third-order valence-corrected chi connectivity index (χ3v) is 6.37. The molecule has 5 heteroatoms. The summed E-state index contributed by atoms with van der Waals surface area (Å²) in [5.41, 5.74) is 2.24. The standard InChI is InChI=1S/C24H30N2O3/c1-28-19-13-14-20(22(16-19)29-2)21-12-7-15-26(21)24(27)25-23(18-10-6-11-18)17-8-4-3-5-9-17/h3-5,8-9,13-14,16,18,21,23H,6-7,10-12,15H2,1-2H3,(H,25,27). The maximum Gasteiger partial charge on any atom is 0.318 e. The Morgan fingerprint density at radius 2 is 1.83 bits per heavy atom. The topological polar surface area (TPSA) is 50.8 Å². The molecule has 2 amide bonds. The van der Waals surface area contributed by atoms with Crippen LogP contribution in [0.4, 0.5) is 4.79 Å². The molecular weight excluding hydrogens is 364 g/mol. The Labute approximate surface area is 173 Å². The summed E-state index contributed by atoms with van der Waals surface area (Å²) in [4.78, 5) is 15.3. The zero-order chi connectivity index (χ0) is 20.2. The number of benzene rings is 2. The highest BCUT2D eigenvalue weighted by Gasteiger charge is 2.35. The second-order valence-corrected chi connectivity index (χ2v) is 7.99. The van der Waals surface area contributed by atoms with Crippen molar-refractivity contribution in [2.24, 2.45) is 5.92 Å². The quantitative estimate of drug-likeness (QED) is 0.742. The minimum absolute atomic E-state index is 0.0196. The first-order valence-electron chi connectivity index (χ1n) is 10.5. The zero-order valence-electron chi connectivity index (χ0n) is 17.3. The minimum atomic E-state index is 0.0196. The van der Waals surface area contributed by atoms with E-state index in [1.807, 2.05) is 41.3 Å². The van der Waals surface area contributed by atoms with E-state index in [1.165, 1.54) is 24.8 Å². The second-order valence-electron chi connectivity index (χ2n) is 7.99. The molecule has 2 aromatic carbocycles. The molecule has 1 aliphatic carbocycles. The van der Waals surface area contributed by atoms with Gasteiger partial charge in [-0.2, -0.15) is 0 Å². The highest BCUT2D eigenvalue weighted by molar-refractivity contribution is 5.76. The van der Waals surface area contributed by atoms with Gasteiger partial charge in [-0.05, 0) is 49.3 Å². The lowest BCUT2D eigenvalue weighted by molar-refractivity contribution is 0.170. The summed E-state index contributed by atoms with van der Waals surface area (Å²) in [6, 6.07) is 16.3. The number of hydrogen-bond donors (Lipinski definition) is 1. The summed E-state index contributed by atoms with van der Waals surface area (Å²) < 4.78 is 10.9. The molecule has 1 N–H and O–H groups in total. The highest BCUT2D eigenvalue weighted by Crippen LogP contribution is 2.41. The number of nitrogens with one attached hydrogen (secondary N) is 1. The van der Waals surface area contributed by atoms with E-state index in [4.69, 9.17) is 9.47 Å². The van der Waals surface area contributed by atoms with Crippen molar-refractivity contribution in [2.75, 3.05) is 20.8 Å². The van der Waals surface area contributed by atoms with Gasteiger partial charge in [-0.25, -0.2) is 4.79 Å². The summed E-state index contributed by atoms with van der Waals surface area (Å²) in [7, 11) is 3.31. The van der Waals surface area contributed by atoms with Gasteiger partial charge >= 0.3 is 6.03 Å². The van der Waals surface area contributed by atoms with Gasteiger partial charge in [-0.1, -0.05) is 36.8 Å². The Morgan fingerprint density at radius 1 is 1.03 bits per heavy atom. The van der Waals surface area contributed by atoms with Crippen LogP contribution in [-0.2, 0) is 0 Å². The monoisotopic (exact) mass is 394 g/mol. The largest absolute Gasteiger partial charge is 0.497 e. The van der Waals surface area contributed by atoms with E-state index in [0.29, 0.717) is 5.92 Å². The second kappa shape index (κ2) is 8.76. The molecule has 2 aromatic rings. The average Bonchev–Trinajstić information content (AvgIpc) is 3.22. The fraction of sp³-hybridized carbons (Fsp3) is 0.458. The number of likely N-dealkylation sites (tertiary alicyclic amines) is 1. The van der Waals surface area contributed by atoms with Crippen molar-refractivity contribution >= 4 is 6.03 Å². The smallest absolute Gasteiger partial charge is 0.318 e. The van der Waals surface area contributed by atoms with E-state index >= 15 is 0 Å². The Bertz CT molecular complexity index is 835. The fourth-order valence-corrected chi connectivity index (χ4v) is 4.55. The molecule has 4 rings (SSSR count). The fourth-order valence-electron chi connectivity index (χ4n) is 4.55. The molecule has 0 aromatic heterocycles. The molecule has 1 aliphatic heterocycles. The van der Waals surface area contributed by atoms with E-state index in [0.717, 1.165) is 36.4 Å². The van der Waals surface area contributed by atoms with Crippen molar-refractivity contribution in [3.8, 4) is 11.5 Å². The third-order valence-electron chi connectivity index (χ3n) is 6.37. The van der Waals surface area contributed by atoms with Gasteiger partial charge in [0, 0.05) is 18.2 Å². The lowest BCUT2D eigenvalue weighted by atomic mass is 9.77. The SMILES string of the molecule is COc1ccc(C2CCCN2C(=O)NC(c2ccccc2)C2CCC2)c(OC)c1. The third kappa shape index (κ3) is 4.04. The molecule has 0 radical (unpaired) electrons. The first kappa shape index (κ1) is 19.6. The molecule has 2 atom stereocenters. The normalized spacial score (nSPS) is 20.1. The number of carbonyl (C=O) groups excluding carboxylic acids is 1. The Kier molecular flexibility index (Phi) is 5.93. The van der Waals surface area contributed by atoms with Gasteiger partial charge in [0.2, 0.25) is 0 Å². The molecule has 0 bridgehead atoms. The van der Waals surface area contributed by atoms with Crippen molar-refractivity contribution in [1.82, 2.24) is 10.2 Å². The molecule has 2 aliphatic rings. The lowest BCUT2D eigenvalue weighted by Gasteiger charge is -2.36. The van der Waals surface area contributed by atoms with Crippen LogP contribution in [0.15, 0.2) is 48.5 Å². The van der Waals surface area contributed by atoms with Gasteiger partial charge in [0.1, 0.15) is 11.5 Å². The van der Waals surface area contributed by atoms with E-state index in [1.54, 1.807) is 14.2 Å². The molecule has 1 saturated carbocycles. The van der Waals surface area contributed by atoms with Crippen LogP contribution in [0.5, 0.6) is 11.5 Å². The van der Waals surface area contributed by atoms with Crippen LogP contribution in [0, 0.1) is 5.92 Å². The Hall–Kier alpha value is -2.69. The van der Waals surface area contributed by atoms with E-state index < -0.39 is 0 Å². The number of nitrogens with zero attached hydrogens (tertiary/aromatic N) is 1. The lowest BCUT2D eigenvalue weighted by Crippen LogP contribution is -2.44. The zero-order valence-corrected chi connectivity index (χ0v) is 17.3.